The second-order valence-corrected chi connectivity index (χ2v) is 14.6. The van der Waals surface area contributed by atoms with Gasteiger partial charge < -0.3 is 13.7 Å². The summed E-state index contributed by atoms with van der Waals surface area (Å²) in [6.07, 6.45) is 2.05. The Morgan fingerprint density at radius 2 is 0.788 bits per heavy atom. The maximum Gasteiger partial charge on any atom is 0.124 e. The second kappa shape index (κ2) is 10.4. The third kappa shape index (κ3) is 3.72. The van der Waals surface area contributed by atoms with Gasteiger partial charge in [-0.1, -0.05) is 103 Å². The zero-order chi connectivity index (χ0) is 33.9. The lowest BCUT2D eigenvalue weighted by atomic mass is 10.1. The van der Waals surface area contributed by atoms with Crippen LogP contribution in [0, 0.1) is 0 Å². The molecule has 5 heteroatoms. The van der Waals surface area contributed by atoms with Gasteiger partial charge in [-0.2, -0.15) is 0 Å². The van der Waals surface area contributed by atoms with Crippen LogP contribution in [0.25, 0.3) is 103 Å². The molecule has 0 atom stereocenters. The van der Waals surface area contributed by atoms with E-state index in [1.54, 1.807) is 11.3 Å². The van der Waals surface area contributed by atoms with Gasteiger partial charge in [0.2, 0.25) is 0 Å². The van der Waals surface area contributed by atoms with Crippen LogP contribution in [-0.4, -0.2) is 18.7 Å². The molecule has 0 radical (unpaired) electrons. The number of thiophene rings is 1. The van der Waals surface area contributed by atoms with E-state index >= 15 is 0 Å². The Morgan fingerprint density at radius 3 is 1.37 bits per heavy atom. The van der Waals surface area contributed by atoms with Crippen molar-refractivity contribution in [1.29, 1.82) is 0 Å². The smallest absolute Gasteiger partial charge is 0.124 e. The summed E-state index contributed by atoms with van der Waals surface area (Å²) in [4.78, 5) is 6.19. The van der Waals surface area contributed by atoms with Crippen molar-refractivity contribution in [2.45, 2.75) is 0 Å². The van der Waals surface area contributed by atoms with Crippen molar-refractivity contribution in [3.8, 4) is 17.1 Å². The van der Waals surface area contributed by atoms with Gasteiger partial charge in [-0.05, 0) is 60.7 Å². The molecule has 5 heterocycles. The van der Waals surface area contributed by atoms with Crippen molar-refractivity contribution in [2.75, 3.05) is 0 Å². The first-order valence-electron chi connectivity index (χ1n) is 17.6. The minimum atomic E-state index is 1.04. The number of para-hydroxylation sites is 5. The molecule has 0 aliphatic rings. The number of fused-ring (bicyclic) bond motifs is 12. The van der Waals surface area contributed by atoms with E-state index in [1.165, 1.54) is 81.1 Å². The molecule has 0 fully saturated rings. The predicted octanol–water partition coefficient (Wildman–Crippen LogP) is 12.7. The molecule has 0 aliphatic heterocycles. The molecule has 0 N–H and O–H groups in total. The molecule has 0 aliphatic carbocycles. The highest BCUT2D eigenvalue weighted by Crippen LogP contribution is 2.42. The molecule has 5 aromatic heterocycles. The third-order valence-corrected chi connectivity index (χ3v) is 12.0. The highest BCUT2D eigenvalue weighted by Gasteiger charge is 2.19. The molecule has 12 rings (SSSR count). The third-order valence-electron chi connectivity index (χ3n) is 10.9. The minimum absolute atomic E-state index is 1.04. The molecular weight excluding hydrogens is 653 g/mol. The SMILES string of the molecule is c1cc(-n2c3ccccc3c3ccccc32)c2sc3ncc(-n4c5ccccc5c5cc(-n6c7ccccc7c7ccccc76)ccc54)cc3c2c1. The molecular formula is C47H28N4S. The van der Waals surface area contributed by atoms with Crippen LogP contribution >= 0.6 is 11.3 Å². The first kappa shape index (κ1) is 28.1. The first-order valence-corrected chi connectivity index (χ1v) is 18.5. The number of rotatable bonds is 3. The van der Waals surface area contributed by atoms with Crippen molar-refractivity contribution in [3.05, 3.63) is 170 Å². The summed E-state index contributed by atoms with van der Waals surface area (Å²) in [6, 6.07) is 59.5. The van der Waals surface area contributed by atoms with E-state index in [2.05, 4.69) is 177 Å². The molecule has 52 heavy (non-hydrogen) atoms. The quantitative estimate of drug-likeness (QED) is 0.182. The standard InChI is InChI=1S/C47H28N4S/c1-6-18-39-31(12-1)32-13-2-7-19-40(32)49(39)29-24-25-44-37(26-29)35-16-5-8-20-41(35)50(44)30-27-38-36-17-11-23-45(46(36)52-47(38)48-28-30)51-42-21-9-3-14-33(42)34-15-4-10-22-43(34)51/h1-28H. The van der Waals surface area contributed by atoms with Crippen LogP contribution < -0.4 is 0 Å². The molecule has 0 bridgehead atoms. The van der Waals surface area contributed by atoms with E-state index in [0.29, 0.717) is 0 Å². The number of hydrogen-bond acceptors (Lipinski definition) is 2. The summed E-state index contributed by atoms with van der Waals surface area (Å²) in [5.74, 6) is 0. The maximum absolute atomic E-state index is 5.15. The topological polar surface area (TPSA) is 27.7 Å². The van der Waals surface area contributed by atoms with Crippen LogP contribution in [-0.2, 0) is 0 Å². The number of nitrogens with zero attached hydrogens (tertiary/aromatic N) is 4. The number of hydrogen-bond donors (Lipinski definition) is 0. The van der Waals surface area contributed by atoms with Crippen LogP contribution in [0.2, 0.25) is 0 Å². The van der Waals surface area contributed by atoms with Gasteiger partial charge in [0.25, 0.3) is 0 Å². The van der Waals surface area contributed by atoms with Gasteiger partial charge in [0.1, 0.15) is 4.83 Å². The Bertz CT molecular complexity index is 3320. The predicted molar refractivity (Wildman–Crippen MR) is 220 cm³/mol. The van der Waals surface area contributed by atoms with Crippen LogP contribution in [0.1, 0.15) is 0 Å². The van der Waals surface area contributed by atoms with Crippen LogP contribution in [0.5, 0.6) is 0 Å². The van der Waals surface area contributed by atoms with E-state index < -0.39 is 0 Å². The summed E-state index contributed by atoms with van der Waals surface area (Å²) < 4.78 is 8.44. The first-order chi connectivity index (χ1) is 25.8. The Kier molecular flexibility index (Phi) is 5.62. The van der Waals surface area contributed by atoms with E-state index in [0.717, 1.165) is 21.7 Å². The lowest BCUT2D eigenvalue weighted by Crippen LogP contribution is -1.96. The zero-order valence-electron chi connectivity index (χ0n) is 27.9. The van der Waals surface area contributed by atoms with Gasteiger partial charge in [0, 0.05) is 48.8 Å². The van der Waals surface area contributed by atoms with Crippen LogP contribution in [0.4, 0.5) is 0 Å². The lowest BCUT2D eigenvalue weighted by molar-refractivity contribution is 1.15. The van der Waals surface area contributed by atoms with Crippen molar-refractivity contribution in [3.63, 3.8) is 0 Å². The van der Waals surface area contributed by atoms with E-state index in [9.17, 15) is 0 Å². The Balaban J connectivity index is 1.08. The summed E-state index contributed by atoms with van der Waals surface area (Å²) in [7, 11) is 0. The van der Waals surface area contributed by atoms with E-state index in [-0.39, 0.29) is 0 Å². The molecule has 0 amide bonds. The van der Waals surface area contributed by atoms with Crippen LogP contribution in [0.15, 0.2) is 170 Å². The molecule has 0 saturated carbocycles. The molecule has 7 aromatic carbocycles. The summed E-state index contributed by atoms with van der Waals surface area (Å²) >= 11 is 1.78. The van der Waals surface area contributed by atoms with Crippen LogP contribution in [0.3, 0.4) is 0 Å². The number of benzene rings is 7. The summed E-state index contributed by atoms with van der Waals surface area (Å²) in [5, 5.41) is 9.92. The highest BCUT2D eigenvalue weighted by atomic mass is 32.1. The number of pyridine rings is 1. The fourth-order valence-electron chi connectivity index (χ4n) is 8.72. The molecule has 242 valence electrons. The van der Waals surface area contributed by atoms with Gasteiger partial charge in [-0.25, -0.2) is 4.98 Å². The van der Waals surface area contributed by atoms with Crippen molar-refractivity contribution in [1.82, 2.24) is 18.7 Å². The average Bonchev–Trinajstić information content (AvgIpc) is 3.94. The van der Waals surface area contributed by atoms with Gasteiger partial charge >= 0.3 is 0 Å². The Morgan fingerprint density at radius 1 is 0.346 bits per heavy atom. The fraction of sp³-hybridized carbons (Fsp3) is 0. The molecule has 4 nitrogen and oxygen atoms in total. The zero-order valence-corrected chi connectivity index (χ0v) is 28.7. The summed E-state index contributed by atoms with van der Waals surface area (Å²) in [5.41, 5.74) is 10.6. The molecule has 0 saturated heterocycles. The summed E-state index contributed by atoms with van der Waals surface area (Å²) in [6.45, 7) is 0. The van der Waals surface area contributed by atoms with Crippen molar-refractivity contribution >= 4 is 97.1 Å². The molecule has 12 aromatic rings. The normalized spacial score (nSPS) is 12.2. The Labute approximate surface area is 301 Å². The Hall–Kier alpha value is -6.69. The molecule has 0 unspecified atom stereocenters. The van der Waals surface area contributed by atoms with Gasteiger partial charge in [-0.15, -0.1) is 11.3 Å². The lowest BCUT2D eigenvalue weighted by Gasteiger charge is -2.10. The number of aromatic nitrogens is 4. The molecule has 0 spiro atoms. The van der Waals surface area contributed by atoms with E-state index in [1.807, 2.05) is 6.20 Å². The minimum Gasteiger partial charge on any atom is -0.309 e. The fourth-order valence-corrected chi connectivity index (χ4v) is 9.85. The largest absolute Gasteiger partial charge is 0.309 e. The van der Waals surface area contributed by atoms with Crippen molar-refractivity contribution < 1.29 is 0 Å². The average molecular weight is 681 g/mol. The van der Waals surface area contributed by atoms with Gasteiger partial charge in [-0.3, -0.25) is 0 Å². The van der Waals surface area contributed by atoms with E-state index in [4.69, 9.17) is 4.98 Å². The van der Waals surface area contributed by atoms with Crippen molar-refractivity contribution in [2.24, 2.45) is 0 Å². The second-order valence-electron chi connectivity index (χ2n) is 13.6. The highest BCUT2D eigenvalue weighted by molar-refractivity contribution is 7.25. The van der Waals surface area contributed by atoms with Gasteiger partial charge in [0.15, 0.2) is 0 Å². The maximum atomic E-state index is 5.15. The van der Waals surface area contributed by atoms with Gasteiger partial charge in [0.05, 0.1) is 55.4 Å². The monoisotopic (exact) mass is 680 g/mol.